The fourth-order valence-electron chi connectivity index (χ4n) is 5.40. The average molecular weight is 398 g/mol. The molecule has 1 aromatic carbocycles. The first-order valence-electron chi connectivity index (χ1n) is 11.3. The summed E-state index contributed by atoms with van der Waals surface area (Å²) in [5.74, 6) is 0.771. The van der Waals surface area contributed by atoms with E-state index >= 15 is 0 Å². The van der Waals surface area contributed by atoms with E-state index in [-0.39, 0.29) is 17.0 Å². The molecule has 5 nitrogen and oxygen atoms in total. The Labute approximate surface area is 174 Å². The second-order valence-corrected chi connectivity index (χ2v) is 11.2. The number of hydrogen-bond acceptors (Lipinski definition) is 4. The summed E-state index contributed by atoms with van der Waals surface area (Å²) in [7, 11) is 0. The van der Waals surface area contributed by atoms with Crippen LogP contribution in [0.2, 0.25) is 0 Å². The fourth-order valence-corrected chi connectivity index (χ4v) is 5.40. The normalized spacial score (nSPS) is 26.3. The molecule has 2 N–H and O–H groups in total. The SMILES string of the molecule is CC(C)(C)OC(=O)N1CC2(C1)CN(C(c1ccc(C3(N)CC3)cc1)C1CCC1)C2. The molecule has 2 heterocycles. The van der Waals surface area contributed by atoms with Crippen LogP contribution in [0.5, 0.6) is 0 Å². The van der Waals surface area contributed by atoms with Crippen LogP contribution in [-0.2, 0) is 10.3 Å². The van der Waals surface area contributed by atoms with Gasteiger partial charge < -0.3 is 15.4 Å². The number of hydrogen-bond donors (Lipinski definition) is 1. The molecule has 1 atom stereocenters. The third-order valence-electron chi connectivity index (χ3n) is 7.39. The maximum absolute atomic E-state index is 12.3. The number of benzene rings is 1. The minimum absolute atomic E-state index is 0.0532. The van der Waals surface area contributed by atoms with Crippen molar-refractivity contribution in [2.24, 2.45) is 17.1 Å². The maximum atomic E-state index is 12.3. The zero-order valence-electron chi connectivity index (χ0n) is 18.1. The highest BCUT2D eigenvalue weighted by atomic mass is 16.6. The van der Waals surface area contributed by atoms with Gasteiger partial charge in [-0.3, -0.25) is 4.90 Å². The summed E-state index contributed by atoms with van der Waals surface area (Å²) >= 11 is 0. The first kappa shape index (κ1) is 19.4. The highest BCUT2D eigenvalue weighted by Gasteiger charge is 2.56. The molecule has 2 aliphatic heterocycles. The van der Waals surface area contributed by atoms with Crippen LogP contribution in [0.4, 0.5) is 4.79 Å². The van der Waals surface area contributed by atoms with Crippen molar-refractivity contribution in [3.63, 3.8) is 0 Å². The third-order valence-corrected chi connectivity index (χ3v) is 7.39. The molecule has 0 aromatic heterocycles. The largest absolute Gasteiger partial charge is 0.444 e. The molecular weight excluding hydrogens is 362 g/mol. The predicted octanol–water partition coefficient (Wildman–Crippen LogP) is 4.03. The molecular formula is C24H35N3O2. The molecule has 29 heavy (non-hydrogen) atoms. The summed E-state index contributed by atoms with van der Waals surface area (Å²) in [6.07, 6.45) is 6.09. The summed E-state index contributed by atoms with van der Waals surface area (Å²) in [6.45, 7) is 9.64. The first-order chi connectivity index (χ1) is 13.7. The van der Waals surface area contributed by atoms with E-state index in [2.05, 4.69) is 29.2 Å². The van der Waals surface area contributed by atoms with Crippen LogP contribution in [0.3, 0.4) is 0 Å². The third kappa shape index (κ3) is 3.57. The van der Waals surface area contributed by atoms with Gasteiger partial charge in [-0.15, -0.1) is 0 Å². The summed E-state index contributed by atoms with van der Waals surface area (Å²) in [6, 6.07) is 9.69. The molecule has 2 saturated carbocycles. The van der Waals surface area contributed by atoms with Crippen LogP contribution in [0.1, 0.15) is 70.0 Å². The number of nitrogens with zero attached hydrogens (tertiary/aromatic N) is 2. The van der Waals surface area contributed by atoms with Gasteiger partial charge in [-0.25, -0.2) is 4.79 Å². The summed E-state index contributed by atoms with van der Waals surface area (Å²) in [5, 5.41) is 0. The van der Waals surface area contributed by atoms with Crippen LogP contribution in [0.15, 0.2) is 24.3 Å². The molecule has 1 unspecified atom stereocenters. The Morgan fingerprint density at radius 3 is 2.21 bits per heavy atom. The Balaban J connectivity index is 1.21. The molecule has 0 bridgehead atoms. The maximum Gasteiger partial charge on any atom is 0.410 e. The molecule has 5 rings (SSSR count). The van der Waals surface area contributed by atoms with Gasteiger partial charge in [0.2, 0.25) is 0 Å². The molecule has 1 amide bonds. The second kappa shape index (κ2) is 6.45. The first-order valence-corrected chi connectivity index (χ1v) is 11.3. The van der Waals surface area contributed by atoms with E-state index in [0.29, 0.717) is 6.04 Å². The van der Waals surface area contributed by atoms with Gasteiger partial charge in [0.25, 0.3) is 0 Å². The van der Waals surface area contributed by atoms with E-state index < -0.39 is 5.60 Å². The molecule has 4 fully saturated rings. The topological polar surface area (TPSA) is 58.8 Å². The summed E-state index contributed by atoms with van der Waals surface area (Å²) in [5.41, 5.74) is 8.92. The zero-order chi connectivity index (χ0) is 20.4. The van der Waals surface area contributed by atoms with Crippen molar-refractivity contribution in [1.29, 1.82) is 0 Å². The van der Waals surface area contributed by atoms with Gasteiger partial charge in [0, 0.05) is 43.2 Å². The van der Waals surface area contributed by atoms with Crippen molar-refractivity contribution in [3.8, 4) is 0 Å². The van der Waals surface area contributed by atoms with Crippen LogP contribution >= 0.6 is 0 Å². The lowest BCUT2D eigenvalue weighted by Crippen LogP contribution is -2.73. The van der Waals surface area contributed by atoms with Gasteiger partial charge in [-0.05, 0) is 63.5 Å². The van der Waals surface area contributed by atoms with Crippen LogP contribution in [-0.4, -0.2) is 47.7 Å². The van der Waals surface area contributed by atoms with Crippen molar-refractivity contribution in [2.45, 2.75) is 70.1 Å². The number of carbonyl (C=O) groups is 1. The van der Waals surface area contributed by atoms with E-state index in [1.165, 1.54) is 30.4 Å². The fraction of sp³-hybridized carbons (Fsp3) is 0.708. The van der Waals surface area contributed by atoms with Gasteiger partial charge in [0.1, 0.15) is 5.60 Å². The lowest BCUT2D eigenvalue weighted by atomic mass is 9.68. The Morgan fingerprint density at radius 1 is 1.10 bits per heavy atom. The Bertz CT molecular complexity index is 775. The van der Waals surface area contributed by atoms with E-state index in [1.54, 1.807) is 0 Å². The Hall–Kier alpha value is -1.59. The highest BCUT2D eigenvalue weighted by Crippen LogP contribution is 2.50. The van der Waals surface area contributed by atoms with Crippen LogP contribution in [0.25, 0.3) is 0 Å². The van der Waals surface area contributed by atoms with Crippen molar-refractivity contribution < 1.29 is 9.53 Å². The number of ether oxygens (including phenoxy) is 1. The monoisotopic (exact) mass is 397 g/mol. The van der Waals surface area contributed by atoms with Crippen molar-refractivity contribution in [3.05, 3.63) is 35.4 Å². The van der Waals surface area contributed by atoms with Gasteiger partial charge in [0.05, 0.1) is 0 Å². The summed E-state index contributed by atoms with van der Waals surface area (Å²) < 4.78 is 5.52. The van der Waals surface area contributed by atoms with Crippen molar-refractivity contribution in [1.82, 2.24) is 9.80 Å². The molecule has 158 valence electrons. The molecule has 1 aromatic rings. The number of rotatable bonds is 4. The van der Waals surface area contributed by atoms with E-state index in [4.69, 9.17) is 10.5 Å². The molecule has 4 aliphatic rings. The van der Waals surface area contributed by atoms with Gasteiger partial charge >= 0.3 is 6.09 Å². The predicted molar refractivity (Wildman–Crippen MR) is 113 cm³/mol. The van der Waals surface area contributed by atoms with Gasteiger partial charge in [0.15, 0.2) is 0 Å². The Morgan fingerprint density at radius 2 is 1.72 bits per heavy atom. The minimum atomic E-state index is -0.421. The highest BCUT2D eigenvalue weighted by molar-refractivity contribution is 5.69. The van der Waals surface area contributed by atoms with Crippen molar-refractivity contribution >= 4 is 6.09 Å². The molecule has 5 heteroatoms. The summed E-state index contributed by atoms with van der Waals surface area (Å²) in [4.78, 5) is 16.8. The van der Waals surface area contributed by atoms with E-state index in [9.17, 15) is 4.79 Å². The van der Waals surface area contributed by atoms with Crippen LogP contribution < -0.4 is 5.73 Å². The second-order valence-electron chi connectivity index (χ2n) is 11.2. The number of nitrogens with two attached hydrogens (primary N) is 1. The average Bonchev–Trinajstić information content (AvgIpc) is 3.27. The minimum Gasteiger partial charge on any atom is -0.444 e. The van der Waals surface area contributed by atoms with Gasteiger partial charge in [-0.1, -0.05) is 30.7 Å². The van der Waals surface area contributed by atoms with Gasteiger partial charge in [-0.2, -0.15) is 0 Å². The lowest BCUT2D eigenvalue weighted by Gasteiger charge is -2.62. The molecule has 1 spiro atoms. The quantitative estimate of drug-likeness (QED) is 0.833. The molecule has 2 saturated heterocycles. The Kier molecular flexibility index (Phi) is 4.31. The number of likely N-dealkylation sites (tertiary alicyclic amines) is 2. The van der Waals surface area contributed by atoms with E-state index in [0.717, 1.165) is 44.9 Å². The van der Waals surface area contributed by atoms with E-state index in [1.807, 2.05) is 25.7 Å². The number of amides is 1. The molecule has 2 aliphatic carbocycles. The standard InChI is InChI=1S/C24H35N3O2/c1-22(2,3)29-21(28)27-15-23(16-27)13-26(14-23)20(17-5-4-6-17)18-7-9-19(10-8-18)24(25)11-12-24/h7-10,17,20H,4-6,11-16,25H2,1-3H3. The lowest BCUT2D eigenvalue weighted by molar-refractivity contribution is -0.139. The van der Waals surface area contributed by atoms with Crippen molar-refractivity contribution in [2.75, 3.05) is 26.2 Å². The molecule has 0 radical (unpaired) electrons. The smallest absolute Gasteiger partial charge is 0.410 e. The van der Waals surface area contributed by atoms with Crippen LogP contribution in [0, 0.1) is 11.3 Å². The number of carbonyl (C=O) groups excluding carboxylic acids is 1. The zero-order valence-corrected chi connectivity index (χ0v) is 18.1.